The van der Waals surface area contributed by atoms with Gasteiger partial charge in [-0.15, -0.1) is 11.6 Å². The third-order valence-corrected chi connectivity index (χ3v) is 3.57. The zero-order chi connectivity index (χ0) is 14.7. The second-order valence-electron chi connectivity index (χ2n) is 4.71. The molecule has 0 spiro atoms. The van der Waals surface area contributed by atoms with Gasteiger partial charge in [0.15, 0.2) is 0 Å². The minimum atomic E-state index is -0.254. The van der Waals surface area contributed by atoms with E-state index in [0.29, 0.717) is 18.1 Å². The van der Waals surface area contributed by atoms with Crippen LogP contribution in [0.5, 0.6) is 0 Å². The number of hydrogen-bond donors (Lipinski definition) is 0. The van der Waals surface area contributed by atoms with Crippen molar-refractivity contribution >= 4 is 23.1 Å². The number of pyridine rings is 1. The molecule has 0 radical (unpaired) electrons. The zero-order valence-electron chi connectivity index (χ0n) is 12.0. The molecule has 20 heavy (non-hydrogen) atoms. The van der Waals surface area contributed by atoms with E-state index in [0.717, 1.165) is 22.6 Å². The molecule has 0 N–H and O–H groups in total. The number of alkyl halides is 1. The molecule has 0 aliphatic rings. The molecule has 0 aliphatic carbocycles. The highest BCUT2D eigenvalue weighted by Gasteiger charge is 2.18. The highest BCUT2D eigenvalue weighted by molar-refractivity contribution is 6.17. The van der Waals surface area contributed by atoms with Crippen molar-refractivity contribution in [1.29, 1.82) is 0 Å². The van der Waals surface area contributed by atoms with Crippen molar-refractivity contribution in [3.63, 3.8) is 0 Å². The first-order chi connectivity index (χ1) is 9.58. The Labute approximate surface area is 124 Å². The number of benzene rings is 1. The van der Waals surface area contributed by atoms with Crippen LogP contribution in [0.4, 0.5) is 15.9 Å². The Morgan fingerprint density at radius 3 is 2.55 bits per heavy atom. The number of halogens is 2. The van der Waals surface area contributed by atoms with Crippen molar-refractivity contribution < 1.29 is 4.39 Å². The van der Waals surface area contributed by atoms with Crippen LogP contribution in [-0.2, 0) is 5.88 Å². The Kier molecular flexibility index (Phi) is 4.61. The van der Waals surface area contributed by atoms with Crippen molar-refractivity contribution in [1.82, 2.24) is 4.98 Å². The van der Waals surface area contributed by atoms with Gasteiger partial charge in [0.25, 0.3) is 0 Å². The third kappa shape index (κ3) is 2.78. The van der Waals surface area contributed by atoms with E-state index < -0.39 is 0 Å². The fourth-order valence-electron chi connectivity index (χ4n) is 2.34. The zero-order valence-corrected chi connectivity index (χ0v) is 12.7. The number of aromatic nitrogens is 1. The molecule has 4 heteroatoms. The predicted molar refractivity (Wildman–Crippen MR) is 82.3 cm³/mol. The molecule has 1 aromatic carbocycles. The van der Waals surface area contributed by atoms with Crippen LogP contribution in [0.25, 0.3) is 0 Å². The van der Waals surface area contributed by atoms with Crippen LogP contribution in [0.2, 0.25) is 0 Å². The molecular weight excluding hydrogens is 275 g/mol. The summed E-state index contributed by atoms with van der Waals surface area (Å²) in [5.41, 5.74) is 3.46. The molecule has 0 amide bonds. The molecule has 0 saturated carbocycles. The topological polar surface area (TPSA) is 16.1 Å². The summed E-state index contributed by atoms with van der Waals surface area (Å²) in [6.45, 7) is 6.54. The molecule has 2 aromatic rings. The van der Waals surface area contributed by atoms with Gasteiger partial charge in [-0.3, -0.25) is 0 Å². The molecule has 0 fully saturated rings. The minimum Gasteiger partial charge on any atom is -0.324 e. The second-order valence-corrected chi connectivity index (χ2v) is 4.98. The quantitative estimate of drug-likeness (QED) is 0.757. The molecule has 0 bridgehead atoms. The maximum atomic E-state index is 14.0. The van der Waals surface area contributed by atoms with Gasteiger partial charge in [-0.05, 0) is 44.5 Å². The first kappa shape index (κ1) is 14.8. The molecule has 0 saturated heterocycles. The maximum absolute atomic E-state index is 14.0. The van der Waals surface area contributed by atoms with E-state index in [4.69, 9.17) is 11.6 Å². The van der Waals surface area contributed by atoms with Crippen LogP contribution in [0, 0.1) is 19.7 Å². The summed E-state index contributed by atoms with van der Waals surface area (Å²) in [7, 11) is 0. The number of anilines is 2. The molecule has 0 atom stereocenters. The van der Waals surface area contributed by atoms with Gasteiger partial charge in [-0.1, -0.05) is 12.1 Å². The van der Waals surface area contributed by atoms with Gasteiger partial charge in [0.05, 0.1) is 11.6 Å². The Balaban J connectivity index is 2.61. The van der Waals surface area contributed by atoms with E-state index in [1.807, 2.05) is 37.8 Å². The first-order valence-corrected chi connectivity index (χ1v) is 7.17. The Bertz CT molecular complexity index is 613. The van der Waals surface area contributed by atoms with Crippen molar-refractivity contribution in [2.45, 2.75) is 26.7 Å². The lowest BCUT2D eigenvalue weighted by Gasteiger charge is -2.26. The van der Waals surface area contributed by atoms with Gasteiger partial charge in [0.1, 0.15) is 11.6 Å². The number of aryl methyl sites for hydroxylation is 2. The van der Waals surface area contributed by atoms with Gasteiger partial charge in [0.2, 0.25) is 0 Å². The normalized spacial score (nSPS) is 10.7. The lowest BCUT2D eigenvalue weighted by Crippen LogP contribution is -2.21. The van der Waals surface area contributed by atoms with Gasteiger partial charge >= 0.3 is 0 Å². The number of rotatable bonds is 4. The standard InChI is InChI=1S/C16H18ClFN2/c1-4-20(15-8-6-5-7-14(15)18)16-13(10-17)11(2)9-12(3)19-16/h5-9H,4,10H2,1-3H3. The maximum Gasteiger partial charge on any atom is 0.146 e. The number of hydrogen-bond acceptors (Lipinski definition) is 2. The summed E-state index contributed by atoms with van der Waals surface area (Å²) in [6.07, 6.45) is 0. The van der Waals surface area contributed by atoms with Crippen LogP contribution >= 0.6 is 11.6 Å². The summed E-state index contributed by atoms with van der Waals surface area (Å²) in [5.74, 6) is 0.847. The Morgan fingerprint density at radius 2 is 1.95 bits per heavy atom. The molecule has 1 aromatic heterocycles. The van der Waals surface area contributed by atoms with Crippen LogP contribution in [0.3, 0.4) is 0 Å². The number of nitrogens with zero attached hydrogens (tertiary/aromatic N) is 2. The van der Waals surface area contributed by atoms with E-state index in [9.17, 15) is 4.39 Å². The van der Waals surface area contributed by atoms with Crippen molar-refractivity contribution in [3.8, 4) is 0 Å². The molecule has 2 nitrogen and oxygen atoms in total. The van der Waals surface area contributed by atoms with E-state index in [2.05, 4.69) is 4.98 Å². The average molecular weight is 293 g/mol. The van der Waals surface area contributed by atoms with E-state index >= 15 is 0 Å². The fraction of sp³-hybridized carbons (Fsp3) is 0.312. The van der Waals surface area contributed by atoms with Crippen LogP contribution in [-0.4, -0.2) is 11.5 Å². The lowest BCUT2D eigenvalue weighted by molar-refractivity contribution is 0.625. The summed E-state index contributed by atoms with van der Waals surface area (Å²) in [5, 5.41) is 0. The summed E-state index contributed by atoms with van der Waals surface area (Å²) < 4.78 is 14.0. The van der Waals surface area contributed by atoms with E-state index in [-0.39, 0.29) is 5.82 Å². The molecule has 1 heterocycles. The van der Waals surface area contributed by atoms with Crippen molar-refractivity contribution in [3.05, 3.63) is 53.0 Å². The fourth-order valence-corrected chi connectivity index (χ4v) is 2.67. The Hall–Kier alpha value is -1.61. The van der Waals surface area contributed by atoms with Gasteiger partial charge < -0.3 is 4.90 Å². The molecule has 2 rings (SSSR count). The predicted octanol–water partition coefficient (Wildman–Crippen LogP) is 4.73. The van der Waals surface area contributed by atoms with E-state index in [1.54, 1.807) is 12.1 Å². The summed E-state index contributed by atoms with van der Waals surface area (Å²) >= 11 is 6.06. The SMILES string of the molecule is CCN(c1ccccc1F)c1nc(C)cc(C)c1CCl. The van der Waals surface area contributed by atoms with Gasteiger partial charge in [0, 0.05) is 17.8 Å². The summed E-state index contributed by atoms with van der Waals surface area (Å²) in [6, 6.07) is 8.72. The number of para-hydroxylation sites is 1. The molecule has 106 valence electrons. The highest BCUT2D eigenvalue weighted by atomic mass is 35.5. The molecule has 0 unspecified atom stereocenters. The van der Waals surface area contributed by atoms with Crippen LogP contribution < -0.4 is 4.90 Å². The van der Waals surface area contributed by atoms with Crippen LogP contribution in [0.15, 0.2) is 30.3 Å². The highest BCUT2D eigenvalue weighted by Crippen LogP contribution is 2.31. The van der Waals surface area contributed by atoms with Crippen molar-refractivity contribution in [2.75, 3.05) is 11.4 Å². The Morgan fingerprint density at radius 1 is 1.25 bits per heavy atom. The molecular formula is C16H18ClFN2. The summed E-state index contributed by atoms with van der Waals surface area (Å²) in [4.78, 5) is 6.44. The molecule has 0 aliphatic heterocycles. The largest absolute Gasteiger partial charge is 0.324 e. The first-order valence-electron chi connectivity index (χ1n) is 6.63. The second kappa shape index (κ2) is 6.23. The van der Waals surface area contributed by atoms with Gasteiger partial charge in [-0.2, -0.15) is 0 Å². The third-order valence-electron chi connectivity index (χ3n) is 3.30. The van der Waals surface area contributed by atoms with Crippen LogP contribution in [0.1, 0.15) is 23.7 Å². The minimum absolute atomic E-state index is 0.254. The lowest BCUT2D eigenvalue weighted by atomic mass is 10.1. The smallest absolute Gasteiger partial charge is 0.146 e. The van der Waals surface area contributed by atoms with E-state index in [1.165, 1.54) is 6.07 Å². The van der Waals surface area contributed by atoms with Gasteiger partial charge in [-0.25, -0.2) is 9.37 Å². The monoisotopic (exact) mass is 292 g/mol. The van der Waals surface area contributed by atoms with Crippen molar-refractivity contribution in [2.24, 2.45) is 0 Å². The average Bonchev–Trinajstić information content (AvgIpc) is 2.41.